The van der Waals surface area contributed by atoms with Crippen molar-refractivity contribution in [2.24, 2.45) is 0 Å². The van der Waals surface area contributed by atoms with Gasteiger partial charge in [-0.25, -0.2) is 4.98 Å². The van der Waals surface area contributed by atoms with Gasteiger partial charge in [-0.15, -0.1) is 0 Å². The molecule has 12 heteroatoms. The molecule has 198 valence electrons. The third kappa shape index (κ3) is 5.65. The highest BCUT2D eigenvalue weighted by Crippen LogP contribution is 2.37. The van der Waals surface area contributed by atoms with Crippen LogP contribution < -0.4 is 14.7 Å². The summed E-state index contributed by atoms with van der Waals surface area (Å²) in [5.74, 6) is 1.47. The topological polar surface area (TPSA) is 61.3 Å². The van der Waals surface area contributed by atoms with Crippen LogP contribution in [0.1, 0.15) is 49.9 Å². The maximum Gasteiger partial charge on any atom is 0.419 e. The molecule has 2 aromatic rings. The molecule has 7 nitrogen and oxygen atoms in total. The summed E-state index contributed by atoms with van der Waals surface area (Å²) in [4.78, 5) is 24.4. The highest BCUT2D eigenvalue weighted by atomic mass is 35.5. The van der Waals surface area contributed by atoms with Crippen molar-refractivity contribution in [2.45, 2.75) is 50.7 Å². The van der Waals surface area contributed by atoms with E-state index in [1.54, 1.807) is 11.0 Å². The van der Waals surface area contributed by atoms with Crippen molar-refractivity contribution >= 4 is 40.9 Å². The lowest BCUT2D eigenvalue weighted by Gasteiger charge is -2.36. The Bertz CT molecular complexity index is 1200. The molecule has 2 aliphatic heterocycles. The normalized spacial score (nSPS) is 23.1. The molecule has 37 heavy (non-hydrogen) atoms. The smallest absolute Gasteiger partial charge is 0.353 e. The molecule has 0 amide bonds. The Balaban J connectivity index is 1.42. The number of pyridine rings is 1. The van der Waals surface area contributed by atoms with Gasteiger partial charge in [0.15, 0.2) is 0 Å². The summed E-state index contributed by atoms with van der Waals surface area (Å²) >= 11 is 12.9. The Labute approximate surface area is 224 Å². The molecule has 2 unspecified atom stereocenters. The maximum atomic E-state index is 13.5. The molecule has 0 aromatic carbocycles. The number of aromatic nitrogens is 4. The van der Waals surface area contributed by atoms with E-state index in [9.17, 15) is 13.2 Å². The number of allylic oxidation sites excluding steroid dienone is 4. The first-order valence-corrected chi connectivity index (χ1v) is 13.2. The summed E-state index contributed by atoms with van der Waals surface area (Å²) in [5, 5.41) is 1.18. The van der Waals surface area contributed by atoms with Crippen molar-refractivity contribution in [3.63, 3.8) is 0 Å². The van der Waals surface area contributed by atoms with Crippen LogP contribution in [0.15, 0.2) is 40.5 Å². The van der Waals surface area contributed by atoms with Crippen molar-refractivity contribution in [1.29, 1.82) is 0 Å². The minimum absolute atomic E-state index is 0.0441. The lowest BCUT2D eigenvalue weighted by atomic mass is 10.0. The van der Waals surface area contributed by atoms with Gasteiger partial charge >= 0.3 is 6.18 Å². The van der Waals surface area contributed by atoms with Gasteiger partial charge in [-0.05, 0) is 50.8 Å². The standard InChI is InChI=1S/C25H28Cl2F3N7/c1-16-5-4-10-37(16)24-33-21(18-7-2-6-17(26)15-20(18)27)32-23(34-24)36-13-11-35(12-14-36)22-19(25(28,29)30)8-3-9-31-22/h3,6,8-9,15-16,18H,2,4-5,7,10-14H2,1H3. The van der Waals surface area contributed by atoms with Crippen LogP contribution >= 0.6 is 23.2 Å². The second-order valence-electron chi connectivity index (χ2n) is 9.57. The van der Waals surface area contributed by atoms with E-state index in [1.165, 1.54) is 12.3 Å². The zero-order valence-corrected chi connectivity index (χ0v) is 21.9. The quantitative estimate of drug-likeness (QED) is 0.479. The minimum Gasteiger partial charge on any atom is -0.353 e. The van der Waals surface area contributed by atoms with Gasteiger partial charge in [-0.2, -0.15) is 28.1 Å². The third-order valence-corrected chi connectivity index (χ3v) is 7.74. The molecule has 3 aliphatic rings. The predicted octanol–water partition coefficient (Wildman–Crippen LogP) is 5.72. The molecular weight excluding hydrogens is 526 g/mol. The molecule has 2 fully saturated rings. The van der Waals surface area contributed by atoms with E-state index in [0.717, 1.165) is 38.3 Å². The van der Waals surface area contributed by atoms with Crippen molar-refractivity contribution in [1.82, 2.24) is 19.9 Å². The van der Waals surface area contributed by atoms with E-state index in [2.05, 4.69) is 16.8 Å². The Morgan fingerprint density at radius 2 is 1.68 bits per heavy atom. The maximum absolute atomic E-state index is 13.5. The predicted molar refractivity (Wildman–Crippen MR) is 139 cm³/mol. The lowest BCUT2D eigenvalue weighted by molar-refractivity contribution is -0.137. The van der Waals surface area contributed by atoms with E-state index >= 15 is 0 Å². The average molecular weight is 554 g/mol. The third-order valence-electron chi connectivity index (χ3n) is 7.11. The molecule has 1 aliphatic carbocycles. The van der Waals surface area contributed by atoms with Crippen LogP contribution in [-0.4, -0.2) is 58.7 Å². The number of alkyl halides is 3. The largest absolute Gasteiger partial charge is 0.419 e. The monoisotopic (exact) mass is 553 g/mol. The first kappa shape index (κ1) is 26.0. The van der Waals surface area contributed by atoms with Crippen LogP contribution in [0.5, 0.6) is 0 Å². The Hall–Kier alpha value is -2.59. The van der Waals surface area contributed by atoms with Crippen molar-refractivity contribution in [3.8, 4) is 0 Å². The van der Waals surface area contributed by atoms with Gasteiger partial charge in [0.25, 0.3) is 0 Å². The fourth-order valence-corrected chi connectivity index (χ4v) is 5.69. The molecule has 5 rings (SSSR count). The van der Waals surface area contributed by atoms with Crippen LogP contribution in [-0.2, 0) is 6.18 Å². The van der Waals surface area contributed by atoms with E-state index in [4.69, 9.17) is 38.2 Å². The number of piperazine rings is 1. The molecular formula is C25H28Cl2F3N7. The zero-order chi connectivity index (χ0) is 26.2. The fourth-order valence-electron chi connectivity index (χ4n) is 5.08. The van der Waals surface area contributed by atoms with Crippen LogP contribution in [0.4, 0.5) is 30.9 Å². The number of anilines is 3. The van der Waals surface area contributed by atoms with Gasteiger partial charge < -0.3 is 14.7 Å². The second-order valence-corrected chi connectivity index (χ2v) is 10.4. The summed E-state index contributed by atoms with van der Waals surface area (Å²) in [7, 11) is 0. The van der Waals surface area contributed by atoms with Crippen LogP contribution in [0.3, 0.4) is 0 Å². The highest BCUT2D eigenvalue weighted by Gasteiger charge is 2.36. The van der Waals surface area contributed by atoms with Gasteiger partial charge in [-0.1, -0.05) is 29.3 Å². The highest BCUT2D eigenvalue weighted by molar-refractivity contribution is 6.35. The molecule has 0 bridgehead atoms. The molecule has 0 radical (unpaired) electrons. The fraction of sp³-hybridized carbons (Fsp3) is 0.520. The molecule has 2 saturated heterocycles. The lowest BCUT2D eigenvalue weighted by Crippen LogP contribution is -2.48. The van der Waals surface area contributed by atoms with Crippen molar-refractivity contribution in [3.05, 3.63) is 51.9 Å². The summed E-state index contributed by atoms with van der Waals surface area (Å²) in [6.45, 7) is 4.64. The van der Waals surface area contributed by atoms with Gasteiger partial charge in [0.1, 0.15) is 11.6 Å². The summed E-state index contributed by atoms with van der Waals surface area (Å²) in [6, 6.07) is 2.69. The van der Waals surface area contributed by atoms with Crippen LogP contribution in [0.2, 0.25) is 0 Å². The van der Waals surface area contributed by atoms with Crippen molar-refractivity contribution < 1.29 is 13.2 Å². The van der Waals surface area contributed by atoms with E-state index in [1.807, 2.05) is 11.0 Å². The number of nitrogens with zero attached hydrogens (tertiary/aromatic N) is 7. The molecule has 2 aromatic heterocycles. The first-order chi connectivity index (χ1) is 17.7. The van der Waals surface area contributed by atoms with E-state index in [-0.39, 0.29) is 11.7 Å². The minimum atomic E-state index is -4.46. The Morgan fingerprint density at radius 3 is 2.38 bits per heavy atom. The van der Waals surface area contributed by atoms with E-state index in [0.29, 0.717) is 60.0 Å². The van der Waals surface area contributed by atoms with Gasteiger partial charge in [0, 0.05) is 55.0 Å². The molecule has 0 spiro atoms. The zero-order valence-electron chi connectivity index (χ0n) is 20.4. The molecule has 0 saturated carbocycles. The van der Waals surface area contributed by atoms with Crippen molar-refractivity contribution in [2.75, 3.05) is 47.4 Å². The summed E-state index contributed by atoms with van der Waals surface area (Å²) < 4.78 is 40.6. The van der Waals surface area contributed by atoms with Gasteiger partial charge in [-0.3, -0.25) is 0 Å². The number of hydrogen-bond donors (Lipinski definition) is 0. The van der Waals surface area contributed by atoms with Crippen LogP contribution in [0, 0.1) is 0 Å². The Morgan fingerprint density at radius 1 is 0.946 bits per heavy atom. The molecule has 4 heterocycles. The Kier molecular flexibility index (Phi) is 7.49. The van der Waals surface area contributed by atoms with E-state index < -0.39 is 11.7 Å². The van der Waals surface area contributed by atoms with Gasteiger partial charge in [0.2, 0.25) is 11.9 Å². The number of rotatable bonds is 4. The first-order valence-electron chi connectivity index (χ1n) is 12.5. The van der Waals surface area contributed by atoms with Crippen LogP contribution in [0.25, 0.3) is 0 Å². The molecule has 2 atom stereocenters. The SMILES string of the molecule is CC1CCCN1c1nc(C2CCC=C(Cl)C=C2Cl)nc(N2CCN(c3ncccc3C(F)(F)F)CC2)n1. The number of hydrogen-bond acceptors (Lipinski definition) is 7. The average Bonchev–Trinajstić information content (AvgIpc) is 3.23. The number of halogens is 5. The van der Waals surface area contributed by atoms with Gasteiger partial charge in [0.05, 0.1) is 11.5 Å². The summed E-state index contributed by atoms with van der Waals surface area (Å²) in [5.41, 5.74) is -0.724. The summed E-state index contributed by atoms with van der Waals surface area (Å²) in [6.07, 6.45) is 4.19. The second kappa shape index (κ2) is 10.6. The molecule has 0 N–H and O–H groups in total.